The van der Waals surface area contributed by atoms with Gasteiger partial charge in [-0.2, -0.15) is 0 Å². The molecule has 2 heterocycles. The van der Waals surface area contributed by atoms with Crippen LogP contribution in [0.15, 0.2) is 65.6 Å². The molecule has 0 radical (unpaired) electrons. The summed E-state index contributed by atoms with van der Waals surface area (Å²) >= 11 is 0. The van der Waals surface area contributed by atoms with E-state index in [0.717, 1.165) is 33.3 Å². The summed E-state index contributed by atoms with van der Waals surface area (Å²) < 4.78 is 1.64. The van der Waals surface area contributed by atoms with Gasteiger partial charge in [-0.3, -0.25) is 9.78 Å². The number of aromatic nitrogens is 2. The third-order valence-corrected chi connectivity index (χ3v) is 5.34. The Kier molecular flexibility index (Phi) is 5.29. The third kappa shape index (κ3) is 4.19. The number of carbonyl (C=O) groups excluding carboxylic acids is 1. The van der Waals surface area contributed by atoms with Crippen molar-refractivity contribution >= 4 is 28.3 Å². The van der Waals surface area contributed by atoms with Gasteiger partial charge in [0.15, 0.2) is 0 Å². The third-order valence-electron chi connectivity index (χ3n) is 5.34. The maximum absolute atomic E-state index is 13.1. The minimum atomic E-state index is -0.343. The molecule has 4 rings (SSSR count). The molecule has 6 nitrogen and oxygen atoms in total. The van der Waals surface area contributed by atoms with Gasteiger partial charge in [0.1, 0.15) is 0 Å². The molecule has 6 heteroatoms. The van der Waals surface area contributed by atoms with E-state index in [2.05, 4.69) is 15.6 Å². The summed E-state index contributed by atoms with van der Waals surface area (Å²) in [6.07, 6.45) is 1.78. The van der Waals surface area contributed by atoms with E-state index < -0.39 is 0 Å². The highest BCUT2D eigenvalue weighted by Gasteiger charge is 2.13. The van der Waals surface area contributed by atoms with E-state index in [1.807, 2.05) is 75.4 Å². The molecule has 156 valence electrons. The van der Waals surface area contributed by atoms with E-state index >= 15 is 0 Å². The molecule has 0 unspecified atom stereocenters. The molecule has 2 aromatic heterocycles. The molecule has 0 aliphatic rings. The predicted molar refractivity (Wildman–Crippen MR) is 126 cm³/mol. The maximum Gasteiger partial charge on any atom is 0.323 e. The van der Waals surface area contributed by atoms with Gasteiger partial charge in [-0.05, 0) is 68.3 Å². The lowest BCUT2D eigenvalue weighted by molar-refractivity contribution is 0.262. The number of anilines is 2. The molecule has 2 aromatic carbocycles. The van der Waals surface area contributed by atoms with Gasteiger partial charge in [0.25, 0.3) is 5.56 Å². The van der Waals surface area contributed by atoms with Gasteiger partial charge in [-0.15, -0.1) is 0 Å². The van der Waals surface area contributed by atoms with Gasteiger partial charge in [0, 0.05) is 41.3 Å². The molecule has 0 saturated carbocycles. The van der Waals surface area contributed by atoms with Gasteiger partial charge in [0.2, 0.25) is 0 Å². The van der Waals surface area contributed by atoms with E-state index in [-0.39, 0.29) is 11.6 Å². The number of carbonyl (C=O) groups is 1. The highest BCUT2D eigenvalue weighted by atomic mass is 16.2. The summed E-state index contributed by atoms with van der Waals surface area (Å²) in [6, 6.07) is 16.5. The summed E-state index contributed by atoms with van der Waals surface area (Å²) in [5.41, 5.74) is 6.33. The molecule has 2 N–H and O–H groups in total. The Bertz CT molecular complexity index is 1350. The van der Waals surface area contributed by atoms with Crippen molar-refractivity contribution in [3.8, 4) is 11.1 Å². The number of fused-ring (bicyclic) bond motifs is 1. The number of nitrogens with zero attached hydrogens (tertiary/aromatic N) is 2. The standard InChI is InChI=1S/C25H24N4O2/c1-15-5-8-19(9-6-15)27-25(31)28-20-10-7-16(2)21(13-20)22-12-18-14-26-17(3)11-23(18)29(4)24(22)30/h5-14H,1-4H3,(H2,27,28,31). The fourth-order valence-corrected chi connectivity index (χ4v) is 3.58. The lowest BCUT2D eigenvalue weighted by Gasteiger charge is -2.13. The SMILES string of the molecule is Cc1ccc(NC(=O)Nc2ccc(C)c(-c3cc4cnc(C)cc4n(C)c3=O)c2)cc1. The second kappa shape index (κ2) is 8.07. The monoisotopic (exact) mass is 412 g/mol. The topological polar surface area (TPSA) is 76.0 Å². The number of nitrogens with one attached hydrogen (secondary N) is 2. The van der Waals surface area contributed by atoms with Crippen molar-refractivity contribution in [3.63, 3.8) is 0 Å². The Morgan fingerprint density at radius 1 is 0.871 bits per heavy atom. The number of hydrogen-bond donors (Lipinski definition) is 2. The highest BCUT2D eigenvalue weighted by molar-refractivity contribution is 6.00. The zero-order valence-electron chi connectivity index (χ0n) is 18.0. The molecule has 2 amide bonds. The average Bonchev–Trinajstić information content (AvgIpc) is 2.74. The highest BCUT2D eigenvalue weighted by Crippen LogP contribution is 2.27. The molecule has 0 aliphatic heterocycles. The molecule has 4 aromatic rings. The number of pyridine rings is 2. The first-order valence-corrected chi connectivity index (χ1v) is 10.0. The first-order valence-electron chi connectivity index (χ1n) is 10.0. The van der Waals surface area contributed by atoms with Crippen LogP contribution in [-0.4, -0.2) is 15.6 Å². The number of urea groups is 1. The van der Waals surface area contributed by atoms with Crippen LogP contribution in [0, 0.1) is 20.8 Å². The fourth-order valence-electron chi connectivity index (χ4n) is 3.58. The Morgan fingerprint density at radius 2 is 1.55 bits per heavy atom. The molecule has 0 atom stereocenters. The zero-order chi connectivity index (χ0) is 22.1. The van der Waals surface area contributed by atoms with Crippen molar-refractivity contribution in [2.45, 2.75) is 20.8 Å². The fraction of sp³-hybridized carbons (Fsp3) is 0.160. The normalized spacial score (nSPS) is 10.8. The number of aryl methyl sites for hydroxylation is 4. The minimum Gasteiger partial charge on any atom is -0.311 e. The lowest BCUT2D eigenvalue weighted by atomic mass is 9.99. The number of benzene rings is 2. The lowest BCUT2D eigenvalue weighted by Crippen LogP contribution is -2.20. The van der Waals surface area contributed by atoms with Crippen molar-refractivity contribution in [1.82, 2.24) is 9.55 Å². The van der Waals surface area contributed by atoms with Gasteiger partial charge in [-0.1, -0.05) is 23.8 Å². The summed E-state index contributed by atoms with van der Waals surface area (Å²) in [5, 5.41) is 6.55. The molecular formula is C25H24N4O2. The van der Waals surface area contributed by atoms with Gasteiger partial charge in [0.05, 0.1) is 5.52 Å². The van der Waals surface area contributed by atoms with Gasteiger partial charge >= 0.3 is 6.03 Å². The molecule has 0 aliphatic carbocycles. The molecule has 0 fully saturated rings. The van der Waals surface area contributed by atoms with E-state index in [1.54, 1.807) is 17.8 Å². The summed E-state index contributed by atoms with van der Waals surface area (Å²) in [4.78, 5) is 29.9. The van der Waals surface area contributed by atoms with Crippen LogP contribution in [-0.2, 0) is 7.05 Å². The molecule has 0 saturated heterocycles. The predicted octanol–water partition coefficient (Wildman–Crippen LogP) is 5.17. The Hall–Kier alpha value is -3.93. The van der Waals surface area contributed by atoms with Crippen LogP contribution in [0.2, 0.25) is 0 Å². The van der Waals surface area contributed by atoms with E-state index in [1.165, 1.54) is 0 Å². The van der Waals surface area contributed by atoms with Crippen LogP contribution in [0.4, 0.5) is 16.2 Å². The molecule has 0 bridgehead atoms. The van der Waals surface area contributed by atoms with Crippen molar-refractivity contribution < 1.29 is 4.79 Å². The van der Waals surface area contributed by atoms with E-state index in [4.69, 9.17) is 0 Å². The Morgan fingerprint density at radius 3 is 2.29 bits per heavy atom. The van der Waals surface area contributed by atoms with Gasteiger partial charge in [-0.25, -0.2) is 4.79 Å². The summed E-state index contributed by atoms with van der Waals surface area (Å²) in [5.74, 6) is 0. The van der Waals surface area contributed by atoms with Crippen molar-refractivity contribution in [1.29, 1.82) is 0 Å². The van der Waals surface area contributed by atoms with Gasteiger partial charge < -0.3 is 15.2 Å². The first-order chi connectivity index (χ1) is 14.8. The quantitative estimate of drug-likeness (QED) is 0.487. The van der Waals surface area contributed by atoms with E-state index in [0.29, 0.717) is 16.9 Å². The maximum atomic E-state index is 13.1. The van der Waals surface area contributed by atoms with Crippen LogP contribution < -0.4 is 16.2 Å². The van der Waals surface area contributed by atoms with Crippen LogP contribution in [0.3, 0.4) is 0 Å². The van der Waals surface area contributed by atoms with Crippen LogP contribution in [0.5, 0.6) is 0 Å². The van der Waals surface area contributed by atoms with Crippen LogP contribution in [0.25, 0.3) is 22.0 Å². The minimum absolute atomic E-state index is 0.0949. The molecular weight excluding hydrogens is 388 g/mol. The second-order valence-electron chi connectivity index (χ2n) is 7.78. The first kappa shape index (κ1) is 20.3. The van der Waals surface area contributed by atoms with Crippen molar-refractivity contribution in [3.05, 3.63) is 88.0 Å². The Labute approximate surface area is 180 Å². The number of amides is 2. The largest absolute Gasteiger partial charge is 0.323 e. The summed E-state index contributed by atoms with van der Waals surface area (Å²) in [7, 11) is 1.76. The van der Waals surface area contributed by atoms with Crippen LogP contribution >= 0.6 is 0 Å². The zero-order valence-corrected chi connectivity index (χ0v) is 18.0. The Balaban J connectivity index is 1.67. The average molecular weight is 412 g/mol. The van der Waals surface area contributed by atoms with Crippen molar-refractivity contribution in [2.75, 3.05) is 10.6 Å². The summed E-state index contributed by atoms with van der Waals surface area (Å²) in [6.45, 7) is 5.84. The molecule has 31 heavy (non-hydrogen) atoms. The number of hydrogen-bond acceptors (Lipinski definition) is 3. The second-order valence-corrected chi connectivity index (χ2v) is 7.78. The smallest absolute Gasteiger partial charge is 0.311 e. The molecule has 0 spiro atoms. The van der Waals surface area contributed by atoms with Crippen LogP contribution in [0.1, 0.15) is 16.8 Å². The number of rotatable bonds is 3. The van der Waals surface area contributed by atoms with Crippen molar-refractivity contribution in [2.24, 2.45) is 7.05 Å². The van der Waals surface area contributed by atoms with E-state index in [9.17, 15) is 9.59 Å².